The van der Waals surface area contributed by atoms with Crippen molar-refractivity contribution in [2.24, 2.45) is 7.05 Å². The highest BCUT2D eigenvalue weighted by molar-refractivity contribution is 5.92. The fraction of sp³-hybridized carbons (Fsp3) is 0.350. The van der Waals surface area contributed by atoms with Crippen LogP contribution in [-0.2, 0) is 31.5 Å². The number of fused-ring (bicyclic) bond motifs is 1. The molecule has 0 saturated heterocycles. The molecule has 0 bridgehead atoms. The second-order valence-electron chi connectivity index (χ2n) is 6.88. The molecule has 3 aromatic rings. The van der Waals surface area contributed by atoms with Crippen molar-refractivity contribution in [3.05, 3.63) is 71.6 Å². The molecule has 27 heavy (non-hydrogen) atoms. The second kappa shape index (κ2) is 7.36. The first-order chi connectivity index (χ1) is 13.1. The lowest BCUT2D eigenvalue weighted by Gasteiger charge is -2.24. The monoisotopic (exact) mass is 365 g/mol. The number of hydrogen-bond acceptors (Lipinski definition) is 4. The van der Waals surface area contributed by atoms with Gasteiger partial charge in [0.05, 0.1) is 31.5 Å². The lowest BCUT2D eigenvalue weighted by molar-refractivity contribution is 0.00893. The van der Waals surface area contributed by atoms with Gasteiger partial charge in [-0.15, -0.1) is 0 Å². The Balaban J connectivity index is 1.53. The summed E-state index contributed by atoms with van der Waals surface area (Å²) in [6, 6.07) is 11.7. The Bertz CT molecular complexity index is 945. The summed E-state index contributed by atoms with van der Waals surface area (Å²) in [7, 11) is 1.78. The maximum atomic E-state index is 13.0. The van der Waals surface area contributed by atoms with E-state index in [0.29, 0.717) is 31.9 Å². The van der Waals surface area contributed by atoms with E-state index in [4.69, 9.17) is 4.74 Å². The highest BCUT2D eigenvalue weighted by Gasteiger charge is 2.27. The molecular formula is C20H23N5O2. The van der Waals surface area contributed by atoms with Gasteiger partial charge in [-0.2, -0.15) is 5.10 Å². The first kappa shape index (κ1) is 17.5. The van der Waals surface area contributed by atoms with E-state index >= 15 is 0 Å². The summed E-state index contributed by atoms with van der Waals surface area (Å²) in [6.07, 6.45) is 3.57. The minimum atomic E-state index is -0.113. The summed E-state index contributed by atoms with van der Waals surface area (Å²) in [6.45, 7) is 4.19. The highest BCUT2D eigenvalue weighted by Crippen LogP contribution is 2.18. The summed E-state index contributed by atoms with van der Waals surface area (Å²) in [5, 5.41) is 4.12. The van der Waals surface area contributed by atoms with Crippen LogP contribution in [0.3, 0.4) is 0 Å². The first-order valence-corrected chi connectivity index (χ1v) is 9.05. The van der Waals surface area contributed by atoms with Gasteiger partial charge in [-0.1, -0.05) is 6.07 Å². The number of nitrogens with zero attached hydrogens (tertiary/aromatic N) is 5. The number of rotatable bonds is 4. The van der Waals surface area contributed by atoms with Gasteiger partial charge in [0.15, 0.2) is 0 Å². The standard InChI is InChI=1S/C20H23N5O2/c1-15-5-3-6-16(22-15)14-27-18-12-24-10-4-7-17(24)11-25(13-18)20(26)19-8-9-21-23(19)2/h3-10,18H,11-14H2,1-2H3. The molecular weight excluding hydrogens is 342 g/mol. The van der Waals surface area contributed by atoms with Crippen LogP contribution >= 0.6 is 0 Å². The van der Waals surface area contributed by atoms with E-state index in [9.17, 15) is 4.79 Å². The second-order valence-corrected chi connectivity index (χ2v) is 6.88. The number of ether oxygens (including phenoxy) is 1. The number of carbonyl (C=O) groups excluding carboxylic acids is 1. The Labute approximate surface area is 158 Å². The molecule has 1 unspecified atom stereocenters. The Morgan fingerprint density at radius 1 is 1.22 bits per heavy atom. The Kier molecular flexibility index (Phi) is 4.77. The van der Waals surface area contributed by atoms with Crippen molar-refractivity contribution in [1.82, 2.24) is 24.2 Å². The number of pyridine rings is 1. The van der Waals surface area contributed by atoms with Gasteiger partial charge in [0.25, 0.3) is 5.91 Å². The molecule has 1 aliphatic rings. The van der Waals surface area contributed by atoms with Crippen LogP contribution in [0.15, 0.2) is 48.8 Å². The van der Waals surface area contributed by atoms with Crippen LogP contribution in [-0.4, -0.2) is 42.8 Å². The van der Waals surface area contributed by atoms with E-state index in [2.05, 4.69) is 14.6 Å². The third-order valence-corrected chi connectivity index (χ3v) is 4.84. The van der Waals surface area contributed by atoms with Gasteiger partial charge in [0, 0.05) is 37.4 Å². The summed E-state index contributed by atoms with van der Waals surface area (Å²) in [5.74, 6) is -0.0352. The van der Waals surface area contributed by atoms with Crippen LogP contribution in [0.2, 0.25) is 0 Å². The zero-order valence-corrected chi connectivity index (χ0v) is 15.6. The highest BCUT2D eigenvalue weighted by atomic mass is 16.5. The number of carbonyl (C=O) groups is 1. The quantitative estimate of drug-likeness (QED) is 0.711. The molecule has 0 N–H and O–H groups in total. The molecule has 0 spiro atoms. The molecule has 0 aromatic carbocycles. The van der Waals surface area contributed by atoms with E-state index in [1.807, 2.05) is 48.4 Å². The molecule has 4 heterocycles. The van der Waals surface area contributed by atoms with Gasteiger partial charge in [-0.05, 0) is 37.3 Å². The minimum absolute atomic E-state index is 0.0352. The lowest BCUT2D eigenvalue weighted by atomic mass is 10.2. The molecule has 1 amide bonds. The van der Waals surface area contributed by atoms with Crippen LogP contribution in [0.1, 0.15) is 27.6 Å². The van der Waals surface area contributed by atoms with Crippen LogP contribution < -0.4 is 0 Å². The number of aryl methyl sites for hydroxylation is 2. The van der Waals surface area contributed by atoms with Crippen LogP contribution in [0.5, 0.6) is 0 Å². The molecule has 0 radical (unpaired) electrons. The Morgan fingerprint density at radius 3 is 2.89 bits per heavy atom. The van der Waals surface area contributed by atoms with Crippen molar-refractivity contribution in [1.29, 1.82) is 0 Å². The Hall–Kier alpha value is -2.93. The van der Waals surface area contributed by atoms with Crippen molar-refractivity contribution in [3.63, 3.8) is 0 Å². The van der Waals surface area contributed by atoms with Gasteiger partial charge in [0.2, 0.25) is 0 Å². The summed E-state index contributed by atoms with van der Waals surface area (Å²) in [4.78, 5) is 19.4. The predicted octanol–water partition coefficient (Wildman–Crippen LogP) is 2.17. The topological polar surface area (TPSA) is 65.2 Å². The number of hydrogen-bond donors (Lipinski definition) is 0. The fourth-order valence-corrected chi connectivity index (χ4v) is 3.44. The minimum Gasteiger partial charge on any atom is -0.368 e. The molecule has 7 nitrogen and oxygen atoms in total. The van der Waals surface area contributed by atoms with Crippen molar-refractivity contribution < 1.29 is 9.53 Å². The molecule has 3 aromatic heterocycles. The largest absolute Gasteiger partial charge is 0.368 e. The lowest BCUT2D eigenvalue weighted by Crippen LogP contribution is -2.38. The van der Waals surface area contributed by atoms with Crippen molar-refractivity contribution in [2.45, 2.75) is 32.7 Å². The smallest absolute Gasteiger partial charge is 0.272 e. The van der Waals surface area contributed by atoms with E-state index in [0.717, 1.165) is 17.1 Å². The van der Waals surface area contributed by atoms with E-state index in [1.165, 1.54) is 0 Å². The summed E-state index contributed by atoms with van der Waals surface area (Å²) >= 11 is 0. The van der Waals surface area contributed by atoms with Gasteiger partial charge in [-0.3, -0.25) is 14.5 Å². The predicted molar refractivity (Wildman–Crippen MR) is 99.9 cm³/mol. The zero-order valence-electron chi connectivity index (χ0n) is 15.6. The van der Waals surface area contributed by atoms with E-state index in [1.54, 1.807) is 24.0 Å². The summed E-state index contributed by atoms with van der Waals surface area (Å²) in [5.41, 5.74) is 3.55. The van der Waals surface area contributed by atoms with Gasteiger partial charge >= 0.3 is 0 Å². The van der Waals surface area contributed by atoms with Gasteiger partial charge < -0.3 is 14.2 Å². The molecule has 0 fully saturated rings. The van der Waals surface area contributed by atoms with Gasteiger partial charge in [-0.25, -0.2) is 0 Å². The van der Waals surface area contributed by atoms with Crippen LogP contribution in [0, 0.1) is 6.92 Å². The van der Waals surface area contributed by atoms with E-state index < -0.39 is 0 Å². The number of amides is 1. The fourth-order valence-electron chi connectivity index (χ4n) is 3.44. The van der Waals surface area contributed by atoms with Crippen molar-refractivity contribution >= 4 is 5.91 Å². The molecule has 0 aliphatic carbocycles. The molecule has 1 atom stereocenters. The molecule has 4 rings (SSSR count). The van der Waals surface area contributed by atoms with Crippen molar-refractivity contribution in [2.75, 3.05) is 6.54 Å². The van der Waals surface area contributed by atoms with E-state index in [-0.39, 0.29) is 12.0 Å². The Morgan fingerprint density at radius 2 is 2.11 bits per heavy atom. The summed E-state index contributed by atoms with van der Waals surface area (Å²) < 4.78 is 9.93. The van der Waals surface area contributed by atoms with Crippen LogP contribution in [0.4, 0.5) is 0 Å². The number of aromatic nitrogens is 4. The van der Waals surface area contributed by atoms with Crippen LogP contribution in [0.25, 0.3) is 0 Å². The average Bonchev–Trinajstić information content (AvgIpc) is 3.23. The normalized spacial score (nSPS) is 16.8. The maximum Gasteiger partial charge on any atom is 0.272 e. The van der Waals surface area contributed by atoms with Gasteiger partial charge in [0.1, 0.15) is 5.69 Å². The molecule has 7 heteroatoms. The van der Waals surface area contributed by atoms with Crippen molar-refractivity contribution in [3.8, 4) is 0 Å². The average molecular weight is 365 g/mol. The molecule has 0 saturated carbocycles. The third-order valence-electron chi connectivity index (χ3n) is 4.84. The first-order valence-electron chi connectivity index (χ1n) is 9.05. The SMILES string of the molecule is Cc1cccc(COC2CN(C(=O)c3ccnn3C)Cc3cccn3C2)n1. The third kappa shape index (κ3) is 3.78. The molecule has 140 valence electrons. The zero-order chi connectivity index (χ0) is 18.8. The molecule has 1 aliphatic heterocycles. The maximum absolute atomic E-state index is 13.0.